The molecule has 0 heterocycles. The summed E-state index contributed by atoms with van der Waals surface area (Å²) in [4.78, 5) is 0. The summed E-state index contributed by atoms with van der Waals surface area (Å²) in [6.45, 7) is 1.67. The van der Waals surface area contributed by atoms with E-state index in [2.05, 4.69) is 0 Å². The number of alkyl halides is 2. The minimum Gasteiger partial charge on any atom is -0.207 e. The lowest BCUT2D eigenvalue weighted by Gasteiger charge is -2.04. The number of hydrogen-bond acceptors (Lipinski definition) is 0. The zero-order valence-corrected chi connectivity index (χ0v) is 7.20. The van der Waals surface area contributed by atoms with Gasteiger partial charge in [-0.05, 0) is 35.7 Å². The Balaban J connectivity index is 2.52. The lowest BCUT2D eigenvalue weighted by atomic mass is 10.0. The first-order chi connectivity index (χ1) is 5.98. The molecule has 1 aromatic rings. The van der Waals surface area contributed by atoms with E-state index in [1.807, 2.05) is 0 Å². The van der Waals surface area contributed by atoms with Gasteiger partial charge >= 0.3 is 0 Å². The monoisotopic (exact) mass is 186 g/mol. The minimum atomic E-state index is -2.68. The third kappa shape index (κ3) is 1.43. The van der Waals surface area contributed by atoms with Crippen LogP contribution in [0.3, 0.4) is 0 Å². The van der Waals surface area contributed by atoms with E-state index in [9.17, 15) is 13.2 Å². The molecule has 0 spiro atoms. The van der Waals surface area contributed by atoms with Gasteiger partial charge in [0.15, 0.2) is 0 Å². The second-order valence-corrected chi connectivity index (χ2v) is 3.57. The van der Waals surface area contributed by atoms with Gasteiger partial charge in [-0.3, -0.25) is 0 Å². The van der Waals surface area contributed by atoms with Crippen molar-refractivity contribution in [2.75, 3.05) is 0 Å². The highest BCUT2D eigenvalue weighted by Gasteiger charge is 2.38. The van der Waals surface area contributed by atoms with Crippen LogP contribution in [0, 0.1) is 12.7 Å². The van der Waals surface area contributed by atoms with Gasteiger partial charge < -0.3 is 0 Å². The fourth-order valence-electron chi connectivity index (χ4n) is 1.85. The predicted molar refractivity (Wildman–Crippen MR) is 43.5 cm³/mol. The van der Waals surface area contributed by atoms with Crippen molar-refractivity contribution in [3.05, 3.63) is 34.6 Å². The van der Waals surface area contributed by atoms with E-state index in [1.54, 1.807) is 6.92 Å². The summed E-state index contributed by atoms with van der Waals surface area (Å²) in [7, 11) is 0. The Kier molecular flexibility index (Phi) is 1.65. The summed E-state index contributed by atoms with van der Waals surface area (Å²) in [6, 6.07) is 2.52. The van der Waals surface area contributed by atoms with Crippen molar-refractivity contribution in [1.82, 2.24) is 0 Å². The number of halogens is 3. The molecule has 0 radical (unpaired) electrons. The van der Waals surface area contributed by atoms with E-state index in [-0.39, 0.29) is 12.8 Å². The van der Waals surface area contributed by atoms with Crippen molar-refractivity contribution < 1.29 is 13.2 Å². The molecule has 70 valence electrons. The first-order valence-corrected chi connectivity index (χ1v) is 4.14. The fraction of sp³-hybridized carbons (Fsp3) is 0.400. The molecule has 0 N–H and O–H groups in total. The summed E-state index contributed by atoms with van der Waals surface area (Å²) in [5, 5.41) is 0. The van der Waals surface area contributed by atoms with Crippen LogP contribution in [0.5, 0.6) is 0 Å². The SMILES string of the molecule is Cc1cc(F)cc2c1CC(F)(F)C2. The Morgan fingerprint density at radius 1 is 1.23 bits per heavy atom. The van der Waals surface area contributed by atoms with Gasteiger partial charge in [0.1, 0.15) is 5.82 Å². The maximum absolute atomic E-state index is 12.9. The van der Waals surface area contributed by atoms with E-state index >= 15 is 0 Å². The van der Waals surface area contributed by atoms with Gasteiger partial charge in [0, 0.05) is 12.8 Å². The van der Waals surface area contributed by atoms with Crippen molar-refractivity contribution in [3.63, 3.8) is 0 Å². The van der Waals surface area contributed by atoms with Gasteiger partial charge in [0.05, 0.1) is 0 Å². The molecule has 3 heteroatoms. The molecule has 0 saturated heterocycles. The van der Waals surface area contributed by atoms with E-state index in [0.29, 0.717) is 16.7 Å². The summed E-state index contributed by atoms with van der Waals surface area (Å²) < 4.78 is 38.7. The lowest BCUT2D eigenvalue weighted by Crippen LogP contribution is -2.14. The highest BCUT2D eigenvalue weighted by molar-refractivity contribution is 5.40. The summed E-state index contributed by atoms with van der Waals surface area (Å²) in [5.41, 5.74) is 1.71. The van der Waals surface area contributed by atoms with Gasteiger partial charge in [0.25, 0.3) is 5.92 Å². The fourth-order valence-corrected chi connectivity index (χ4v) is 1.85. The molecule has 0 saturated carbocycles. The van der Waals surface area contributed by atoms with Crippen LogP contribution in [-0.2, 0) is 12.8 Å². The maximum atomic E-state index is 12.9. The third-order valence-corrected chi connectivity index (χ3v) is 2.41. The van der Waals surface area contributed by atoms with Crippen LogP contribution < -0.4 is 0 Å². The zero-order valence-electron chi connectivity index (χ0n) is 7.20. The second kappa shape index (κ2) is 2.50. The van der Waals surface area contributed by atoms with Gasteiger partial charge in [-0.15, -0.1) is 0 Å². The quantitative estimate of drug-likeness (QED) is 0.584. The average molecular weight is 186 g/mol. The van der Waals surface area contributed by atoms with Gasteiger partial charge in [-0.1, -0.05) is 0 Å². The first-order valence-electron chi connectivity index (χ1n) is 4.14. The molecule has 0 atom stereocenters. The average Bonchev–Trinajstić information content (AvgIpc) is 2.23. The van der Waals surface area contributed by atoms with Crippen molar-refractivity contribution in [2.45, 2.75) is 25.7 Å². The van der Waals surface area contributed by atoms with Crippen LogP contribution in [-0.4, -0.2) is 5.92 Å². The van der Waals surface area contributed by atoms with Crippen molar-refractivity contribution in [1.29, 1.82) is 0 Å². The van der Waals surface area contributed by atoms with Gasteiger partial charge in [-0.25, -0.2) is 13.2 Å². The second-order valence-electron chi connectivity index (χ2n) is 3.57. The number of fused-ring (bicyclic) bond motifs is 1. The number of benzene rings is 1. The summed E-state index contributed by atoms with van der Waals surface area (Å²) in [5.74, 6) is -3.10. The van der Waals surface area contributed by atoms with Crippen LogP contribution in [0.15, 0.2) is 12.1 Å². The van der Waals surface area contributed by atoms with E-state index in [4.69, 9.17) is 0 Å². The third-order valence-electron chi connectivity index (χ3n) is 2.41. The Hall–Kier alpha value is -0.990. The molecular weight excluding hydrogens is 177 g/mol. The molecule has 0 aromatic heterocycles. The van der Waals surface area contributed by atoms with Crippen LogP contribution >= 0.6 is 0 Å². The Morgan fingerprint density at radius 2 is 1.92 bits per heavy atom. The topological polar surface area (TPSA) is 0 Å². The van der Waals surface area contributed by atoms with Crippen LogP contribution in [0.1, 0.15) is 16.7 Å². The largest absolute Gasteiger partial charge is 0.256 e. The molecule has 1 aliphatic rings. The minimum absolute atomic E-state index is 0.242. The maximum Gasteiger partial charge on any atom is 0.256 e. The number of hydrogen-bond donors (Lipinski definition) is 0. The zero-order chi connectivity index (χ0) is 9.64. The Morgan fingerprint density at radius 3 is 2.62 bits per heavy atom. The summed E-state index contributed by atoms with van der Waals surface area (Å²) >= 11 is 0. The molecule has 1 aliphatic carbocycles. The first kappa shape index (κ1) is 8.60. The molecule has 0 amide bonds. The molecule has 0 bridgehead atoms. The van der Waals surface area contributed by atoms with Crippen LogP contribution in [0.4, 0.5) is 13.2 Å². The van der Waals surface area contributed by atoms with Crippen molar-refractivity contribution in [2.24, 2.45) is 0 Å². The van der Waals surface area contributed by atoms with E-state index in [0.717, 1.165) is 0 Å². The lowest BCUT2D eigenvalue weighted by molar-refractivity contribution is 0.0129. The van der Waals surface area contributed by atoms with Crippen molar-refractivity contribution in [3.8, 4) is 0 Å². The Labute approximate surface area is 74.4 Å². The normalized spacial score (nSPS) is 18.8. The molecule has 0 aliphatic heterocycles. The van der Waals surface area contributed by atoms with E-state index in [1.165, 1.54) is 12.1 Å². The number of aryl methyl sites for hydroxylation is 1. The highest BCUT2D eigenvalue weighted by atomic mass is 19.3. The van der Waals surface area contributed by atoms with Crippen LogP contribution in [0.2, 0.25) is 0 Å². The van der Waals surface area contributed by atoms with Gasteiger partial charge in [0.2, 0.25) is 0 Å². The smallest absolute Gasteiger partial charge is 0.207 e. The summed E-state index contributed by atoms with van der Waals surface area (Å²) in [6.07, 6.45) is -0.560. The van der Waals surface area contributed by atoms with Crippen LogP contribution in [0.25, 0.3) is 0 Å². The standard InChI is InChI=1S/C10H9F3/c1-6-2-8(11)3-7-4-10(12,13)5-9(6)7/h2-3H,4-5H2,1H3. The van der Waals surface area contributed by atoms with Gasteiger partial charge in [-0.2, -0.15) is 0 Å². The molecule has 0 unspecified atom stereocenters. The molecule has 2 rings (SSSR count). The Bertz CT molecular complexity index is 355. The van der Waals surface area contributed by atoms with E-state index < -0.39 is 11.7 Å². The molecule has 1 aromatic carbocycles. The molecule has 0 fully saturated rings. The molecule has 13 heavy (non-hydrogen) atoms. The molecular formula is C10H9F3. The number of rotatable bonds is 0. The highest BCUT2D eigenvalue weighted by Crippen LogP contribution is 2.36. The molecule has 0 nitrogen and oxygen atoms in total. The van der Waals surface area contributed by atoms with Crippen molar-refractivity contribution >= 4 is 0 Å². The predicted octanol–water partition coefficient (Wildman–Crippen LogP) is 2.87.